The van der Waals surface area contributed by atoms with E-state index >= 15 is 0 Å². The van der Waals surface area contributed by atoms with E-state index in [-0.39, 0.29) is 0 Å². The molecule has 0 aliphatic carbocycles. The fourth-order valence-corrected chi connectivity index (χ4v) is 0.413. The van der Waals surface area contributed by atoms with Gasteiger partial charge < -0.3 is 5.84 Å². The van der Waals surface area contributed by atoms with Crippen molar-refractivity contribution in [3.63, 3.8) is 0 Å². The lowest BCUT2D eigenvalue weighted by Crippen LogP contribution is -2.06. The first-order valence-corrected chi connectivity index (χ1v) is 2.09. The lowest BCUT2D eigenvalue weighted by Gasteiger charge is -1.79. The second-order valence-electron chi connectivity index (χ2n) is 1.35. The quantitative estimate of drug-likeness (QED) is 0.361. The molecule has 3 nitrogen and oxygen atoms in total. The number of hydrogen-bond donors (Lipinski definition) is 1. The van der Waals surface area contributed by atoms with Crippen LogP contribution in [0.1, 0.15) is 5.56 Å². The molecule has 40 valence electrons. The van der Waals surface area contributed by atoms with Crippen molar-refractivity contribution in [2.75, 3.05) is 5.84 Å². The predicted octanol–water partition coefficient (Wildman–Crippen LogP) is -0.422. The highest BCUT2D eigenvalue weighted by molar-refractivity contribution is 5.25. The molecule has 3 heteroatoms. The molecule has 1 heterocycles. The third-order valence-corrected chi connectivity index (χ3v) is 0.768. The van der Waals surface area contributed by atoms with Crippen molar-refractivity contribution >= 4 is 0 Å². The molecule has 0 radical (unpaired) electrons. The van der Waals surface area contributed by atoms with Gasteiger partial charge in [-0.2, -0.15) is 9.89 Å². The van der Waals surface area contributed by atoms with Crippen LogP contribution in [0.2, 0.25) is 0 Å². The Morgan fingerprint density at radius 1 is 1.88 bits per heavy atom. The molecule has 0 unspecified atom stereocenters. The zero-order valence-electron chi connectivity index (χ0n) is 4.20. The molecule has 1 rings (SSSR count). The largest absolute Gasteiger partial charge is 0.323 e. The minimum Gasteiger partial charge on any atom is -0.323 e. The third kappa shape index (κ3) is 0.636. The van der Waals surface area contributed by atoms with Gasteiger partial charge in [0.05, 0.1) is 18.0 Å². The first-order chi connectivity index (χ1) is 3.83. The number of terminal acetylenes is 1. The molecule has 0 aliphatic heterocycles. The van der Waals surface area contributed by atoms with Gasteiger partial charge >= 0.3 is 0 Å². The van der Waals surface area contributed by atoms with Gasteiger partial charge in [0.25, 0.3) is 0 Å². The number of nitrogen functional groups attached to an aromatic ring is 1. The minimum atomic E-state index is 0.701. The summed E-state index contributed by atoms with van der Waals surface area (Å²) >= 11 is 0. The van der Waals surface area contributed by atoms with E-state index in [0.29, 0.717) is 5.56 Å². The number of nitrogens with zero attached hydrogens (tertiary/aromatic N) is 2. The van der Waals surface area contributed by atoms with E-state index in [1.807, 2.05) is 0 Å². The lowest BCUT2D eigenvalue weighted by molar-refractivity contribution is 0.832. The molecule has 1 aromatic heterocycles. The summed E-state index contributed by atoms with van der Waals surface area (Å²) in [6.07, 6.45) is 8.10. The van der Waals surface area contributed by atoms with Gasteiger partial charge in [0.1, 0.15) is 0 Å². The highest BCUT2D eigenvalue weighted by Gasteiger charge is 1.86. The molecule has 0 aliphatic rings. The van der Waals surface area contributed by atoms with Crippen molar-refractivity contribution in [2.24, 2.45) is 0 Å². The summed E-state index contributed by atoms with van der Waals surface area (Å²) in [5, 5.41) is 3.64. The molecule has 0 bridgehead atoms. The van der Waals surface area contributed by atoms with Crippen molar-refractivity contribution < 1.29 is 0 Å². The van der Waals surface area contributed by atoms with Crippen LogP contribution in [0.3, 0.4) is 0 Å². The van der Waals surface area contributed by atoms with Crippen molar-refractivity contribution in [1.82, 2.24) is 9.89 Å². The summed E-state index contributed by atoms with van der Waals surface area (Å²) < 4.78 is 0. The van der Waals surface area contributed by atoms with Crippen molar-refractivity contribution in [2.45, 2.75) is 0 Å². The number of rotatable bonds is 0. The van der Waals surface area contributed by atoms with Crippen LogP contribution in [-0.2, 0) is 0 Å². The van der Waals surface area contributed by atoms with Crippen molar-refractivity contribution in [3.8, 4) is 12.3 Å². The molecule has 0 atom stereocenters. The maximum Gasteiger partial charge on any atom is 0.0667 e. The molecule has 1 aromatic rings. The lowest BCUT2D eigenvalue weighted by atomic mass is 10.4. The minimum absolute atomic E-state index is 0.701. The van der Waals surface area contributed by atoms with Gasteiger partial charge in [0.2, 0.25) is 0 Å². The second-order valence-corrected chi connectivity index (χ2v) is 1.35. The summed E-state index contributed by atoms with van der Waals surface area (Å²) in [7, 11) is 0. The maximum atomic E-state index is 5.16. The molecule has 0 fully saturated rings. The van der Waals surface area contributed by atoms with Crippen LogP contribution in [0.5, 0.6) is 0 Å². The Bertz CT molecular complexity index is 218. The van der Waals surface area contributed by atoms with E-state index < -0.39 is 0 Å². The Hall–Kier alpha value is -1.43. The van der Waals surface area contributed by atoms with E-state index in [0.717, 1.165) is 0 Å². The molecule has 8 heavy (non-hydrogen) atoms. The summed E-state index contributed by atoms with van der Waals surface area (Å²) in [6, 6.07) is 0. The van der Waals surface area contributed by atoms with Crippen LogP contribution < -0.4 is 5.84 Å². The van der Waals surface area contributed by atoms with Gasteiger partial charge in [0.15, 0.2) is 0 Å². The van der Waals surface area contributed by atoms with Gasteiger partial charge in [-0.25, -0.2) is 0 Å². The summed E-state index contributed by atoms with van der Waals surface area (Å²) in [5.74, 6) is 7.55. The Balaban J connectivity index is 3.05. The average molecular weight is 107 g/mol. The van der Waals surface area contributed by atoms with Crippen LogP contribution in [-0.4, -0.2) is 9.89 Å². The fraction of sp³-hybridized carbons (Fsp3) is 0. The van der Waals surface area contributed by atoms with Crippen LogP contribution in [0.4, 0.5) is 0 Å². The van der Waals surface area contributed by atoms with E-state index in [2.05, 4.69) is 11.0 Å². The topological polar surface area (TPSA) is 43.8 Å². The Labute approximate surface area is 47.1 Å². The normalized spacial score (nSPS) is 8.38. The van der Waals surface area contributed by atoms with Crippen molar-refractivity contribution in [3.05, 3.63) is 18.0 Å². The smallest absolute Gasteiger partial charge is 0.0667 e. The molecule has 0 spiro atoms. The number of aromatic nitrogens is 2. The SMILES string of the molecule is C#Cc1cnn(N)c1. The first-order valence-electron chi connectivity index (χ1n) is 2.09. The van der Waals surface area contributed by atoms with Gasteiger partial charge in [-0.05, 0) is 0 Å². The predicted molar refractivity (Wildman–Crippen MR) is 30.3 cm³/mol. The van der Waals surface area contributed by atoms with E-state index in [4.69, 9.17) is 12.3 Å². The maximum absolute atomic E-state index is 5.16. The monoisotopic (exact) mass is 107 g/mol. The first kappa shape index (κ1) is 4.72. The highest BCUT2D eigenvalue weighted by Crippen LogP contribution is 1.88. The zero-order valence-corrected chi connectivity index (χ0v) is 4.20. The molecular formula is C5H5N3. The van der Waals surface area contributed by atoms with E-state index in [1.165, 1.54) is 11.0 Å². The van der Waals surface area contributed by atoms with Gasteiger partial charge in [-0.3, -0.25) is 0 Å². The van der Waals surface area contributed by atoms with Crippen molar-refractivity contribution in [1.29, 1.82) is 0 Å². The van der Waals surface area contributed by atoms with Gasteiger partial charge in [-0.1, -0.05) is 5.92 Å². The average Bonchev–Trinajstić information content (AvgIpc) is 2.14. The van der Waals surface area contributed by atoms with Gasteiger partial charge in [-0.15, -0.1) is 6.42 Å². The second kappa shape index (κ2) is 1.58. The van der Waals surface area contributed by atoms with Crippen LogP contribution in [0.25, 0.3) is 0 Å². The van der Waals surface area contributed by atoms with Gasteiger partial charge in [0, 0.05) is 0 Å². The van der Waals surface area contributed by atoms with E-state index in [9.17, 15) is 0 Å². The summed E-state index contributed by atoms with van der Waals surface area (Å²) in [5.41, 5.74) is 0.701. The number of hydrogen-bond acceptors (Lipinski definition) is 2. The molecule has 0 saturated carbocycles. The molecule has 0 amide bonds. The molecule has 0 saturated heterocycles. The van der Waals surface area contributed by atoms with E-state index in [1.54, 1.807) is 6.20 Å². The summed E-state index contributed by atoms with van der Waals surface area (Å²) in [6.45, 7) is 0. The summed E-state index contributed by atoms with van der Waals surface area (Å²) in [4.78, 5) is 1.18. The Morgan fingerprint density at radius 2 is 2.62 bits per heavy atom. The molecule has 2 N–H and O–H groups in total. The van der Waals surface area contributed by atoms with Crippen LogP contribution in [0.15, 0.2) is 12.4 Å². The fourth-order valence-electron chi connectivity index (χ4n) is 0.413. The third-order valence-electron chi connectivity index (χ3n) is 0.768. The Kier molecular flexibility index (Phi) is 0.935. The zero-order chi connectivity index (χ0) is 5.98. The van der Waals surface area contributed by atoms with Crippen LogP contribution >= 0.6 is 0 Å². The molecular weight excluding hydrogens is 102 g/mol. The Morgan fingerprint density at radius 3 is 2.88 bits per heavy atom. The number of nitrogens with two attached hydrogens (primary N) is 1. The standard InChI is InChI=1S/C5H5N3/c1-2-5-3-7-8(6)4-5/h1,3-4H,6H2. The van der Waals surface area contributed by atoms with Crippen LogP contribution in [0, 0.1) is 12.3 Å². The highest BCUT2D eigenvalue weighted by atomic mass is 15.5. The molecule has 0 aromatic carbocycles.